The first-order valence-electron chi connectivity index (χ1n) is 8.00. The second kappa shape index (κ2) is 6.03. The molecule has 134 valence electrons. The first-order chi connectivity index (χ1) is 12.3. The summed E-state index contributed by atoms with van der Waals surface area (Å²) in [6.45, 7) is 4.27. The van der Waals surface area contributed by atoms with E-state index in [2.05, 4.69) is 14.7 Å². The van der Waals surface area contributed by atoms with Gasteiger partial charge in [0.25, 0.3) is 15.9 Å². The molecule has 1 aromatic heterocycles. The first-order valence-corrected chi connectivity index (χ1v) is 10.4. The van der Waals surface area contributed by atoms with E-state index in [4.69, 9.17) is 0 Å². The number of benzene rings is 1. The third-order valence-electron chi connectivity index (χ3n) is 4.15. The summed E-state index contributed by atoms with van der Waals surface area (Å²) in [7, 11) is -3.54. The van der Waals surface area contributed by atoms with Crippen molar-refractivity contribution in [3.63, 3.8) is 0 Å². The van der Waals surface area contributed by atoms with Crippen LogP contribution in [-0.2, 0) is 14.8 Å². The molecule has 1 amide bonds. The zero-order chi connectivity index (χ0) is 18.5. The molecule has 2 aliphatic heterocycles. The Morgan fingerprint density at radius 3 is 2.92 bits per heavy atom. The average Bonchev–Trinajstić information content (AvgIpc) is 2.96. The molecule has 4 rings (SSSR count). The molecule has 2 aliphatic rings. The van der Waals surface area contributed by atoms with Crippen LogP contribution in [0.5, 0.6) is 0 Å². The summed E-state index contributed by atoms with van der Waals surface area (Å²) in [4.78, 5) is 18.9. The van der Waals surface area contributed by atoms with Crippen LogP contribution in [0.3, 0.4) is 0 Å². The maximum atomic E-state index is 12.7. The van der Waals surface area contributed by atoms with E-state index >= 15 is 0 Å². The summed E-state index contributed by atoms with van der Waals surface area (Å²) in [5.41, 5.74) is 3.25. The molecule has 0 bridgehead atoms. The highest BCUT2D eigenvalue weighted by Crippen LogP contribution is 2.30. The maximum Gasteiger partial charge on any atom is 0.261 e. The Morgan fingerprint density at radius 1 is 1.31 bits per heavy atom. The minimum absolute atomic E-state index is 0.0633. The molecule has 7 nitrogen and oxygen atoms in total. The van der Waals surface area contributed by atoms with Gasteiger partial charge in [-0.05, 0) is 43.2 Å². The lowest BCUT2D eigenvalue weighted by atomic mass is 10.1. The van der Waals surface area contributed by atoms with Crippen molar-refractivity contribution in [3.05, 3.63) is 47.2 Å². The van der Waals surface area contributed by atoms with Crippen LogP contribution in [0.4, 0.5) is 5.13 Å². The molecule has 3 heterocycles. The number of anilines is 1. The Kier molecular flexibility index (Phi) is 3.92. The molecule has 0 aliphatic carbocycles. The molecular formula is C17H16N4O3S2. The van der Waals surface area contributed by atoms with Crippen molar-refractivity contribution in [2.45, 2.75) is 13.8 Å². The van der Waals surface area contributed by atoms with Gasteiger partial charge in [0.2, 0.25) is 0 Å². The number of hydrogen-bond acceptors (Lipinski definition) is 6. The molecular weight excluding hydrogens is 372 g/mol. The van der Waals surface area contributed by atoms with Gasteiger partial charge in [0.15, 0.2) is 11.0 Å². The molecule has 0 atom stereocenters. The van der Waals surface area contributed by atoms with Crippen LogP contribution in [0, 0.1) is 13.8 Å². The summed E-state index contributed by atoms with van der Waals surface area (Å²) in [5, 5.41) is 3.24. The molecule has 26 heavy (non-hydrogen) atoms. The fraction of sp³-hybridized carbons (Fsp3) is 0.235. The lowest BCUT2D eigenvalue weighted by molar-refractivity contribution is -0.112. The molecule has 0 radical (unpaired) electrons. The molecule has 0 saturated heterocycles. The van der Waals surface area contributed by atoms with E-state index < -0.39 is 15.9 Å². The summed E-state index contributed by atoms with van der Waals surface area (Å²) in [6, 6.07) is 4.07. The molecule has 0 saturated carbocycles. The molecule has 0 unspecified atom stereocenters. The average molecular weight is 388 g/mol. The van der Waals surface area contributed by atoms with Crippen LogP contribution >= 0.6 is 11.3 Å². The molecule has 0 spiro atoms. The van der Waals surface area contributed by atoms with Crippen molar-refractivity contribution in [2.24, 2.45) is 4.40 Å². The standard InChI is InChI=1S/C17H16N4O3S2/c1-10-8-11(2)14-13(9-10)25-17(18-14)19-16(22)12-4-3-5-21-6-7-26(23,24)20-15(12)21/h3-5,8-9H,6-7H2,1-2H3,(H,18,19,22). The summed E-state index contributed by atoms with van der Waals surface area (Å²) in [5.74, 6) is -0.334. The number of carbonyl (C=O) groups is 1. The Morgan fingerprint density at radius 2 is 2.12 bits per heavy atom. The number of allylic oxidation sites excluding steroid dienone is 2. The second-order valence-electron chi connectivity index (χ2n) is 6.22. The number of hydrogen-bond donors (Lipinski definition) is 1. The van der Waals surface area contributed by atoms with Gasteiger partial charge in [-0.3, -0.25) is 10.1 Å². The highest BCUT2D eigenvalue weighted by Gasteiger charge is 2.30. The van der Waals surface area contributed by atoms with Gasteiger partial charge in [-0.15, -0.1) is 4.40 Å². The molecule has 0 fully saturated rings. The zero-order valence-corrected chi connectivity index (χ0v) is 15.8. The first kappa shape index (κ1) is 16.9. The van der Waals surface area contributed by atoms with Gasteiger partial charge in [-0.1, -0.05) is 17.4 Å². The lowest BCUT2D eigenvalue weighted by Gasteiger charge is -2.28. The summed E-state index contributed by atoms with van der Waals surface area (Å²) in [6.07, 6.45) is 4.99. The SMILES string of the molecule is Cc1cc(C)c2nc(NC(=O)C3=CC=CN4CCS(=O)(=O)N=C34)sc2c1. The number of sulfonamides is 1. The number of nitrogens with zero attached hydrogens (tertiary/aromatic N) is 3. The quantitative estimate of drug-likeness (QED) is 0.853. The number of aromatic nitrogens is 1. The van der Waals surface area contributed by atoms with Gasteiger partial charge in [-0.2, -0.15) is 0 Å². The number of aryl methyl sites for hydroxylation is 2. The fourth-order valence-corrected chi connectivity index (χ4v) is 5.00. The van der Waals surface area contributed by atoms with Crippen LogP contribution in [0.15, 0.2) is 40.5 Å². The van der Waals surface area contributed by atoms with E-state index in [1.54, 1.807) is 23.3 Å². The van der Waals surface area contributed by atoms with Gasteiger partial charge in [0.05, 0.1) is 21.5 Å². The predicted octanol–water partition coefficient (Wildman–Crippen LogP) is 2.35. The van der Waals surface area contributed by atoms with Crippen molar-refractivity contribution in [1.82, 2.24) is 9.88 Å². The maximum absolute atomic E-state index is 12.7. The van der Waals surface area contributed by atoms with Crippen LogP contribution in [0.2, 0.25) is 0 Å². The monoisotopic (exact) mass is 388 g/mol. The minimum atomic E-state index is -3.54. The number of rotatable bonds is 2. The van der Waals surface area contributed by atoms with Crippen LogP contribution in [-0.4, -0.2) is 42.3 Å². The predicted molar refractivity (Wildman–Crippen MR) is 103 cm³/mol. The number of amidine groups is 1. The number of nitrogens with one attached hydrogen (secondary N) is 1. The fourth-order valence-electron chi connectivity index (χ4n) is 2.98. The van der Waals surface area contributed by atoms with Crippen LogP contribution in [0.1, 0.15) is 11.1 Å². The Balaban J connectivity index is 1.66. The summed E-state index contributed by atoms with van der Waals surface area (Å²) < 4.78 is 28.4. The molecule has 2 aromatic rings. The zero-order valence-electron chi connectivity index (χ0n) is 14.2. The van der Waals surface area contributed by atoms with E-state index in [1.807, 2.05) is 26.0 Å². The number of carbonyl (C=O) groups excluding carboxylic acids is 1. The third kappa shape index (κ3) is 3.04. The third-order valence-corrected chi connectivity index (χ3v) is 6.22. The van der Waals surface area contributed by atoms with Gasteiger partial charge < -0.3 is 4.90 Å². The lowest BCUT2D eigenvalue weighted by Crippen LogP contribution is -2.40. The summed E-state index contributed by atoms with van der Waals surface area (Å²) >= 11 is 1.39. The topological polar surface area (TPSA) is 91.7 Å². The van der Waals surface area contributed by atoms with Gasteiger partial charge in [0.1, 0.15) is 0 Å². The van der Waals surface area contributed by atoms with Crippen molar-refractivity contribution < 1.29 is 13.2 Å². The van der Waals surface area contributed by atoms with Crippen LogP contribution in [0.25, 0.3) is 10.2 Å². The Labute approximate surface area is 154 Å². The number of amides is 1. The van der Waals surface area contributed by atoms with Crippen molar-refractivity contribution >= 4 is 48.5 Å². The molecule has 1 aromatic carbocycles. The van der Waals surface area contributed by atoms with E-state index in [0.717, 1.165) is 21.3 Å². The second-order valence-corrected chi connectivity index (χ2v) is 9.00. The highest BCUT2D eigenvalue weighted by molar-refractivity contribution is 7.90. The Hall–Kier alpha value is -2.52. The van der Waals surface area contributed by atoms with Gasteiger partial charge in [-0.25, -0.2) is 13.4 Å². The molecule has 1 N–H and O–H groups in total. The molecule has 9 heteroatoms. The van der Waals surface area contributed by atoms with E-state index in [9.17, 15) is 13.2 Å². The van der Waals surface area contributed by atoms with Crippen molar-refractivity contribution in [1.29, 1.82) is 0 Å². The normalized spacial score (nSPS) is 18.3. The van der Waals surface area contributed by atoms with Crippen molar-refractivity contribution in [2.75, 3.05) is 17.6 Å². The number of thiazole rings is 1. The van der Waals surface area contributed by atoms with E-state index in [1.165, 1.54) is 11.3 Å². The highest BCUT2D eigenvalue weighted by atomic mass is 32.2. The van der Waals surface area contributed by atoms with Crippen molar-refractivity contribution in [3.8, 4) is 0 Å². The van der Waals surface area contributed by atoms with Crippen LogP contribution < -0.4 is 5.32 Å². The smallest absolute Gasteiger partial charge is 0.261 e. The van der Waals surface area contributed by atoms with E-state index in [-0.39, 0.29) is 23.7 Å². The number of fused-ring (bicyclic) bond motifs is 2. The largest absolute Gasteiger partial charge is 0.331 e. The minimum Gasteiger partial charge on any atom is -0.331 e. The van der Waals surface area contributed by atoms with Gasteiger partial charge >= 0.3 is 0 Å². The van der Waals surface area contributed by atoms with E-state index in [0.29, 0.717) is 5.13 Å². The Bertz CT molecular complexity index is 1130. The van der Waals surface area contributed by atoms with Gasteiger partial charge in [0, 0.05) is 12.7 Å².